The maximum atomic E-state index is 13.2. The lowest BCUT2D eigenvalue weighted by molar-refractivity contribution is -0.0887. The van der Waals surface area contributed by atoms with Crippen molar-refractivity contribution in [2.45, 2.75) is 33.0 Å². The first kappa shape index (κ1) is 27.1. The van der Waals surface area contributed by atoms with E-state index in [4.69, 9.17) is 11.6 Å². The number of rotatable bonds is 7. The molecule has 0 unspecified atom stereocenters. The molecule has 2 aromatic heterocycles. The van der Waals surface area contributed by atoms with Crippen LogP contribution in [0.4, 0.5) is 13.2 Å². The third-order valence-electron chi connectivity index (χ3n) is 4.96. The summed E-state index contributed by atoms with van der Waals surface area (Å²) < 4.78 is 39.6. The van der Waals surface area contributed by atoms with E-state index >= 15 is 0 Å². The second-order valence-corrected chi connectivity index (χ2v) is 9.26. The molecule has 2 amide bonds. The predicted octanol–water partition coefficient (Wildman–Crippen LogP) is 6.37. The first-order chi connectivity index (χ1) is 16.9. The summed E-state index contributed by atoms with van der Waals surface area (Å²) in [6, 6.07) is 8.40. The zero-order chi connectivity index (χ0) is 26.6. The van der Waals surface area contributed by atoms with Crippen LogP contribution in [0.25, 0.3) is 10.9 Å². The second kappa shape index (κ2) is 11.0. The van der Waals surface area contributed by atoms with Gasteiger partial charge in [0.1, 0.15) is 9.88 Å². The fourth-order valence-corrected chi connectivity index (χ4v) is 4.14. The number of allylic oxidation sites excluding steroid dienone is 4. The van der Waals surface area contributed by atoms with Gasteiger partial charge in [0.15, 0.2) is 0 Å². The summed E-state index contributed by atoms with van der Waals surface area (Å²) in [6.07, 6.45) is -1.69. The van der Waals surface area contributed by atoms with Gasteiger partial charge >= 0.3 is 6.18 Å². The van der Waals surface area contributed by atoms with Gasteiger partial charge in [-0.05, 0) is 51.1 Å². The van der Waals surface area contributed by atoms with Crippen molar-refractivity contribution in [1.82, 2.24) is 20.6 Å². The molecule has 0 aliphatic rings. The van der Waals surface area contributed by atoms with Gasteiger partial charge in [-0.3, -0.25) is 14.6 Å². The third kappa shape index (κ3) is 6.58. The number of carbonyl (C=O) groups is 2. The van der Waals surface area contributed by atoms with Gasteiger partial charge in [0.05, 0.1) is 23.3 Å². The zero-order valence-electron chi connectivity index (χ0n) is 19.5. The number of carbonyl (C=O) groups excluding carboxylic acids is 2. The van der Waals surface area contributed by atoms with Crippen LogP contribution in [0.1, 0.15) is 50.6 Å². The van der Waals surface area contributed by atoms with Crippen LogP contribution in [-0.2, 0) is 0 Å². The Labute approximate surface area is 214 Å². The molecule has 0 bridgehead atoms. The number of hydrogen-bond donors (Lipinski definition) is 2. The summed E-state index contributed by atoms with van der Waals surface area (Å²) in [5.74, 6) is -1.01. The van der Waals surface area contributed by atoms with Crippen LogP contribution < -0.4 is 10.6 Å². The van der Waals surface area contributed by atoms with Gasteiger partial charge in [0.25, 0.3) is 11.8 Å². The van der Waals surface area contributed by atoms with Crippen molar-refractivity contribution in [3.05, 3.63) is 92.7 Å². The number of nitrogens with one attached hydrogen (secondary N) is 2. The molecule has 0 spiro atoms. The number of amides is 2. The van der Waals surface area contributed by atoms with Crippen LogP contribution in [0.15, 0.2) is 71.6 Å². The Morgan fingerprint density at radius 3 is 2.58 bits per heavy atom. The summed E-state index contributed by atoms with van der Waals surface area (Å²) in [7, 11) is 0. The third-order valence-corrected chi connectivity index (χ3v) is 6.57. The van der Waals surface area contributed by atoms with Crippen LogP contribution in [0.2, 0.25) is 0 Å². The topological polar surface area (TPSA) is 84.0 Å². The smallest absolute Gasteiger partial charge is 0.343 e. The predicted molar refractivity (Wildman–Crippen MR) is 135 cm³/mol. The minimum atomic E-state index is -4.72. The van der Waals surface area contributed by atoms with Crippen molar-refractivity contribution in [2.75, 3.05) is 0 Å². The molecule has 3 aromatic rings. The van der Waals surface area contributed by atoms with E-state index in [9.17, 15) is 22.8 Å². The van der Waals surface area contributed by atoms with Crippen LogP contribution in [0.3, 0.4) is 0 Å². The van der Waals surface area contributed by atoms with Crippen molar-refractivity contribution >= 4 is 45.7 Å². The molecule has 2 heterocycles. The van der Waals surface area contributed by atoms with Gasteiger partial charge < -0.3 is 10.6 Å². The Morgan fingerprint density at radius 2 is 1.92 bits per heavy atom. The second-order valence-electron chi connectivity index (χ2n) is 7.79. The lowest BCUT2D eigenvalue weighted by atomic mass is 10.1. The van der Waals surface area contributed by atoms with Gasteiger partial charge in [0.2, 0.25) is 0 Å². The molecule has 188 valence electrons. The van der Waals surface area contributed by atoms with E-state index in [0.717, 1.165) is 34.0 Å². The molecule has 2 N–H and O–H groups in total. The molecular formula is C25H22ClF3N4O2S. The van der Waals surface area contributed by atoms with E-state index in [1.54, 1.807) is 25.1 Å². The van der Waals surface area contributed by atoms with Crippen molar-refractivity contribution in [2.24, 2.45) is 0 Å². The van der Waals surface area contributed by atoms with Crippen LogP contribution >= 0.6 is 22.9 Å². The number of aryl methyl sites for hydroxylation is 1. The van der Waals surface area contributed by atoms with Crippen LogP contribution in [0, 0.1) is 6.92 Å². The molecule has 11 heteroatoms. The quantitative estimate of drug-likeness (QED) is 0.345. The average Bonchev–Trinajstić information content (AvgIpc) is 3.31. The molecule has 0 aliphatic carbocycles. The highest BCUT2D eigenvalue weighted by Gasteiger charge is 2.35. The maximum Gasteiger partial charge on any atom is 0.417 e. The number of halogens is 4. The van der Waals surface area contributed by atoms with Gasteiger partial charge in [0, 0.05) is 27.4 Å². The Kier molecular flexibility index (Phi) is 8.31. The fourth-order valence-electron chi connectivity index (χ4n) is 3.16. The average molecular weight is 535 g/mol. The molecule has 36 heavy (non-hydrogen) atoms. The summed E-state index contributed by atoms with van der Waals surface area (Å²) in [6.45, 7) is 8.42. The first-order valence-electron chi connectivity index (χ1n) is 10.6. The number of thiazole rings is 1. The minimum Gasteiger partial charge on any atom is -0.343 e. The number of pyridine rings is 1. The standard InChI is InChI=1S/C25H22ClF3N4O2S/c1-5-19(26)18(25(27,28)29)10-14(3)32-23(35)21-12-30-24(36-21)15(4)33-22(34)17-8-9-20-16(11-17)7-6-13(2)31-20/h5-12,15H,3H2,1-2,4H3,(H,32,35)(H,33,34)/b18-10+,19-5+/t15-/m1/s1. The highest BCUT2D eigenvalue weighted by molar-refractivity contribution is 7.13. The molecule has 0 saturated heterocycles. The lowest BCUT2D eigenvalue weighted by Crippen LogP contribution is -2.26. The Morgan fingerprint density at radius 1 is 1.19 bits per heavy atom. The molecule has 0 fully saturated rings. The van der Waals surface area contributed by atoms with E-state index < -0.39 is 28.7 Å². The highest BCUT2D eigenvalue weighted by atomic mass is 35.5. The highest BCUT2D eigenvalue weighted by Crippen LogP contribution is 2.33. The summed E-state index contributed by atoms with van der Waals surface area (Å²) in [5, 5.41) is 5.88. The number of benzene rings is 1. The van der Waals surface area contributed by atoms with E-state index in [1.165, 1.54) is 13.1 Å². The van der Waals surface area contributed by atoms with Gasteiger partial charge in [-0.15, -0.1) is 11.3 Å². The number of aromatic nitrogens is 2. The number of hydrogen-bond acceptors (Lipinski definition) is 5. The fraction of sp³-hybridized carbons (Fsp3) is 0.200. The van der Waals surface area contributed by atoms with Gasteiger partial charge in [-0.1, -0.05) is 30.3 Å². The Bertz CT molecular complexity index is 1400. The monoisotopic (exact) mass is 534 g/mol. The zero-order valence-corrected chi connectivity index (χ0v) is 21.1. The lowest BCUT2D eigenvalue weighted by Gasteiger charge is -2.12. The SMILES string of the molecule is C=C(/C=C(\C(Cl)=C/C)C(F)(F)F)NC(=O)c1cnc([C@@H](C)NC(=O)c2ccc3nc(C)ccc3c2)s1. The van der Waals surface area contributed by atoms with Crippen molar-refractivity contribution in [3.63, 3.8) is 0 Å². The molecular weight excluding hydrogens is 513 g/mol. The van der Waals surface area contributed by atoms with Crippen molar-refractivity contribution < 1.29 is 22.8 Å². The molecule has 1 atom stereocenters. The molecule has 3 rings (SSSR count). The molecule has 0 radical (unpaired) electrons. The van der Waals surface area contributed by atoms with Gasteiger partial charge in [-0.2, -0.15) is 13.2 Å². The summed E-state index contributed by atoms with van der Waals surface area (Å²) in [4.78, 5) is 34.0. The summed E-state index contributed by atoms with van der Waals surface area (Å²) in [5.41, 5.74) is 0.682. The first-order valence-corrected chi connectivity index (χ1v) is 11.8. The van der Waals surface area contributed by atoms with E-state index in [-0.39, 0.29) is 16.5 Å². The number of alkyl halides is 3. The Balaban J connectivity index is 1.67. The molecule has 0 saturated carbocycles. The Hall–Kier alpha value is -3.50. The maximum absolute atomic E-state index is 13.2. The van der Waals surface area contributed by atoms with E-state index in [0.29, 0.717) is 16.6 Å². The van der Waals surface area contributed by atoms with Crippen LogP contribution in [0.5, 0.6) is 0 Å². The molecule has 0 aliphatic heterocycles. The van der Waals surface area contributed by atoms with Gasteiger partial charge in [-0.25, -0.2) is 4.98 Å². The number of fused-ring (bicyclic) bond motifs is 1. The largest absolute Gasteiger partial charge is 0.417 e. The van der Waals surface area contributed by atoms with Crippen molar-refractivity contribution in [1.29, 1.82) is 0 Å². The van der Waals surface area contributed by atoms with E-state index in [1.807, 2.05) is 19.1 Å². The number of nitrogens with zero attached hydrogens (tertiary/aromatic N) is 2. The van der Waals surface area contributed by atoms with Crippen LogP contribution in [-0.4, -0.2) is 28.0 Å². The molecule has 6 nitrogen and oxygen atoms in total. The van der Waals surface area contributed by atoms with E-state index in [2.05, 4.69) is 27.2 Å². The molecule has 1 aromatic carbocycles. The normalized spacial score (nSPS) is 13.4. The summed E-state index contributed by atoms with van der Waals surface area (Å²) >= 11 is 6.64. The van der Waals surface area contributed by atoms with Crippen molar-refractivity contribution in [3.8, 4) is 0 Å². The minimum absolute atomic E-state index is 0.137.